The molecule has 3 nitrogen and oxygen atoms in total. The van der Waals surface area contributed by atoms with E-state index in [1.54, 1.807) is 6.07 Å². The van der Waals surface area contributed by atoms with Crippen LogP contribution in [0.2, 0.25) is 19.6 Å². The Kier molecular flexibility index (Phi) is 4.10. The minimum absolute atomic E-state index is 0.128. The second-order valence-electron chi connectivity index (χ2n) is 4.42. The Morgan fingerprint density at radius 2 is 2.00 bits per heavy atom. The molecular formula is C11H12INO2Si. The van der Waals surface area contributed by atoms with Crippen LogP contribution in [0.15, 0.2) is 18.2 Å². The third-order valence-electron chi connectivity index (χ3n) is 1.72. The normalized spacial score (nSPS) is 10.5. The van der Waals surface area contributed by atoms with E-state index >= 15 is 0 Å². The van der Waals surface area contributed by atoms with Gasteiger partial charge in [-0.05, 0) is 34.7 Å². The van der Waals surface area contributed by atoms with Crippen molar-refractivity contribution in [1.29, 1.82) is 0 Å². The van der Waals surface area contributed by atoms with Crippen LogP contribution in [0.5, 0.6) is 0 Å². The number of nitrogens with zero attached hydrogens (tertiary/aromatic N) is 1. The van der Waals surface area contributed by atoms with Crippen LogP contribution >= 0.6 is 22.6 Å². The van der Waals surface area contributed by atoms with Crippen molar-refractivity contribution in [2.24, 2.45) is 0 Å². The first-order valence-corrected chi connectivity index (χ1v) is 9.34. The highest BCUT2D eigenvalue weighted by Gasteiger charge is 2.12. The van der Waals surface area contributed by atoms with Gasteiger partial charge in [0.2, 0.25) is 0 Å². The predicted molar refractivity (Wildman–Crippen MR) is 76.0 cm³/mol. The molecule has 0 bridgehead atoms. The largest absolute Gasteiger partial charge is 0.283 e. The molecular weight excluding hydrogens is 333 g/mol. The van der Waals surface area contributed by atoms with Crippen molar-refractivity contribution in [1.82, 2.24) is 0 Å². The molecule has 0 amide bonds. The van der Waals surface area contributed by atoms with Crippen molar-refractivity contribution >= 4 is 36.4 Å². The number of nitro groups is 1. The molecule has 0 atom stereocenters. The fourth-order valence-electron chi connectivity index (χ4n) is 0.990. The summed E-state index contributed by atoms with van der Waals surface area (Å²) in [5.41, 5.74) is 4.03. The standard InChI is InChI=1S/C11H12INO2Si/c1-16(2,3)7-6-9-4-5-10(12)11(8-9)13(14)15/h4-5,8H,1-3H3. The van der Waals surface area contributed by atoms with Crippen LogP contribution in [0.1, 0.15) is 5.56 Å². The van der Waals surface area contributed by atoms with Crippen LogP contribution in [0.3, 0.4) is 0 Å². The Hall–Kier alpha value is -0.873. The van der Waals surface area contributed by atoms with Crippen LogP contribution in [-0.4, -0.2) is 13.0 Å². The van der Waals surface area contributed by atoms with Gasteiger partial charge >= 0.3 is 0 Å². The highest BCUT2D eigenvalue weighted by atomic mass is 127. The Morgan fingerprint density at radius 1 is 1.38 bits per heavy atom. The van der Waals surface area contributed by atoms with Crippen molar-refractivity contribution in [3.63, 3.8) is 0 Å². The Bertz CT molecular complexity index is 483. The molecule has 0 aromatic heterocycles. The Morgan fingerprint density at radius 3 is 2.50 bits per heavy atom. The molecule has 0 aliphatic rings. The average molecular weight is 345 g/mol. The van der Waals surface area contributed by atoms with E-state index in [1.165, 1.54) is 6.07 Å². The van der Waals surface area contributed by atoms with Crippen LogP contribution in [-0.2, 0) is 0 Å². The summed E-state index contributed by atoms with van der Waals surface area (Å²) in [6, 6.07) is 5.09. The molecule has 0 heterocycles. The fraction of sp³-hybridized carbons (Fsp3) is 0.273. The summed E-state index contributed by atoms with van der Waals surface area (Å²) in [4.78, 5) is 10.4. The molecule has 0 saturated carbocycles. The maximum Gasteiger partial charge on any atom is 0.283 e. The molecule has 0 saturated heterocycles. The lowest BCUT2D eigenvalue weighted by Gasteiger charge is -2.03. The first kappa shape index (κ1) is 13.2. The Labute approximate surface area is 110 Å². The highest BCUT2D eigenvalue weighted by Crippen LogP contribution is 2.21. The molecule has 1 aromatic carbocycles. The van der Waals surface area contributed by atoms with Crippen molar-refractivity contribution < 1.29 is 4.92 Å². The van der Waals surface area contributed by atoms with E-state index < -0.39 is 8.07 Å². The molecule has 0 unspecified atom stereocenters. The van der Waals surface area contributed by atoms with E-state index in [-0.39, 0.29) is 10.6 Å². The number of hydrogen-bond donors (Lipinski definition) is 0. The van der Waals surface area contributed by atoms with Gasteiger partial charge in [0.05, 0.1) is 8.49 Å². The number of benzene rings is 1. The minimum atomic E-state index is -1.43. The number of rotatable bonds is 1. The van der Waals surface area contributed by atoms with Gasteiger partial charge in [-0.25, -0.2) is 0 Å². The zero-order valence-electron chi connectivity index (χ0n) is 9.37. The second kappa shape index (κ2) is 4.97. The molecule has 0 aliphatic heterocycles. The second-order valence-corrected chi connectivity index (χ2v) is 10.3. The molecule has 84 valence electrons. The summed E-state index contributed by atoms with van der Waals surface area (Å²) < 4.78 is 0.640. The monoisotopic (exact) mass is 345 g/mol. The molecule has 16 heavy (non-hydrogen) atoms. The summed E-state index contributed by atoms with van der Waals surface area (Å²) in [5, 5.41) is 10.7. The van der Waals surface area contributed by atoms with Gasteiger partial charge in [0.1, 0.15) is 8.07 Å². The quantitative estimate of drug-likeness (QED) is 0.257. The van der Waals surface area contributed by atoms with Crippen LogP contribution in [0.4, 0.5) is 5.69 Å². The van der Waals surface area contributed by atoms with Gasteiger partial charge in [0.25, 0.3) is 5.69 Å². The van der Waals surface area contributed by atoms with Gasteiger partial charge < -0.3 is 0 Å². The summed E-state index contributed by atoms with van der Waals surface area (Å²) in [6.45, 7) is 6.42. The lowest BCUT2D eigenvalue weighted by molar-refractivity contribution is -0.385. The smallest absolute Gasteiger partial charge is 0.258 e. The first-order valence-electron chi connectivity index (χ1n) is 4.77. The molecule has 0 radical (unpaired) electrons. The number of nitro benzene ring substituents is 1. The predicted octanol–water partition coefficient (Wildman–Crippen LogP) is 3.43. The molecule has 0 N–H and O–H groups in total. The van der Waals surface area contributed by atoms with Gasteiger partial charge in [0, 0.05) is 11.6 Å². The summed E-state index contributed by atoms with van der Waals surface area (Å²) >= 11 is 1.96. The van der Waals surface area contributed by atoms with E-state index in [2.05, 4.69) is 31.1 Å². The van der Waals surface area contributed by atoms with Gasteiger partial charge in [0.15, 0.2) is 0 Å². The van der Waals surface area contributed by atoms with E-state index in [0.717, 1.165) is 5.56 Å². The summed E-state index contributed by atoms with van der Waals surface area (Å²) in [7, 11) is -1.43. The van der Waals surface area contributed by atoms with E-state index in [1.807, 2.05) is 28.7 Å². The number of halogens is 1. The fourth-order valence-corrected chi connectivity index (χ4v) is 2.04. The molecule has 0 fully saturated rings. The van der Waals surface area contributed by atoms with Crippen molar-refractivity contribution in [3.05, 3.63) is 37.4 Å². The van der Waals surface area contributed by atoms with Gasteiger partial charge in [-0.15, -0.1) is 5.54 Å². The van der Waals surface area contributed by atoms with Crippen LogP contribution in [0.25, 0.3) is 0 Å². The maximum absolute atomic E-state index is 10.7. The third kappa shape index (κ3) is 3.94. The molecule has 1 aromatic rings. The highest BCUT2D eigenvalue weighted by molar-refractivity contribution is 14.1. The SMILES string of the molecule is C[Si](C)(C)C#Cc1ccc(I)c([N+](=O)[O-])c1. The van der Waals surface area contributed by atoms with Crippen molar-refractivity contribution in [2.45, 2.75) is 19.6 Å². The van der Waals surface area contributed by atoms with Gasteiger partial charge in [-0.2, -0.15) is 0 Å². The van der Waals surface area contributed by atoms with Crippen molar-refractivity contribution in [3.8, 4) is 11.5 Å². The zero-order valence-corrected chi connectivity index (χ0v) is 12.5. The molecule has 5 heteroatoms. The van der Waals surface area contributed by atoms with Gasteiger partial charge in [-0.3, -0.25) is 10.1 Å². The van der Waals surface area contributed by atoms with E-state index in [9.17, 15) is 10.1 Å². The average Bonchev–Trinajstić information content (AvgIpc) is 2.14. The molecule has 0 spiro atoms. The maximum atomic E-state index is 10.7. The first-order chi connectivity index (χ1) is 7.29. The third-order valence-corrected chi connectivity index (χ3v) is 3.51. The molecule has 1 rings (SSSR count). The minimum Gasteiger partial charge on any atom is -0.258 e. The lowest BCUT2D eigenvalue weighted by Crippen LogP contribution is -2.16. The zero-order chi connectivity index (χ0) is 12.3. The van der Waals surface area contributed by atoms with Gasteiger partial charge in [-0.1, -0.05) is 25.6 Å². The van der Waals surface area contributed by atoms with E-state index in [4.69, 9.17) is 0 Å². The lowest BCUT2D eigenvalue weighted by atomic mass is 10.2. The van der Waals surface area contributed by atoms with Crippen molar-refractivity contribution in [2.75, 3.05) is 0 Å². The van der Waals surface area contributed by atoms with E-state index in [0.29, 0.717) is 3.57 Å². The topological polar surface area (TPSA) is 43.1 Å². The molecule has 0 aliphatic carbocycles. The summed E-state index contributed by atoms with van der Waals surface area (Å²) in [5.74, 6) is 3.01. The van der Waals surface area contributed by atoms with Crippen LogP contribution < -0.4 is 0 Å². The number of hydrogen-bond acceptors (Lipinski definition) is 2. The Balaban J connectivity index is 3.13. The van der Waals surface area contributed by atoms with Crippen LogP contribution in [0, 0.1) is 25.1 Å². The summed E-state index contributed by atoms with van der Waals surface area (Å²) in [6.07, 6.45) is 0.